The van der Waals surface area contributed by atoms with Gasteiger partial charge in [-0.05, 0) is 80.5 Å². The van der Waals surface area contributed by atoms with Gasteiger partial charge in [-0.2, -0.15) is 8.42 Å². The Morgan fingerprint density at radius 3 is 2.46 bits per heavy atom. The fraction of sp³-hybridized carbons (Fsp3) is 0.423. The molecule has 1 saturated carbocycles. The summed E-state index contributed by atoms with van der Waals surface area (Å²) in [6, 6.07) is 10.8. The van der Waals surface area contributed by atoms with Gasteiger partial charge < -0.3 is 10.5 Å². The van der Waals surface area contributed by atoms with E-state index in [-0.39, 0.29) is 3.89 Å². The number of hydrogen-bond acceptors (Lipinski definition) is 5. The number of ether oxygens (including phenoxy) is 1. The van der Waals surface area contributed by atoms with Crippen molar-refractivity contribution in [3.8, 4) is 11.1 Å². The van der Waals surface area contributed by atoms with Crippen LogP contribution in [0.25, 0.3) is 16.7 Å². The van der Waals surface area contributed by atoms with Crippen molar-refractivity contribution >= 4 is 39.0 Å². The highest BCUT2D eigenvalue weighted by Crippen LogP contribution is 2.45. The molecule has 0 bridgehead atoms. The predicted molar refractivity (Wildman–Crippen MR) is 140 cm³/mol. The standard InChI is InChI=1S/C26H32ClN3O4S/c1-5-30(3,4)35(32,33)29-19-11-9-10-18(15-19)21-14-17(2)20(16-22(21)27)23-24(28)26(34-25(23)31)12-7-6-8-13-26/h9-11,14-16,29H,5-8,12-13H2,1-4H3,(H-,28,31)/p+1. The van der Waals surface area contributed by atoms with Gasteiger partial charge in [0.2, 0.25) is 0 Å². The molecule has 2 aliphatic rings. The van der Waals surface area contributed by atoms with Crippen molar-refractivity contribution < 1.29 is 21.8 Å². The van der Waals surface area contributed by atoms with Crippen LogP contribution >= 0.6 is 11.6 Å². The van der Waals surface area contributed by atoms with Crippen LogP contribution in [-0.4, -0.2) is 44.5 Å². The normalized spacial score (nSPS) is 18.1. The Morgan fingerprint density at radius 2 is 1.80 bits per heavy atom. The molecule has 1 spiro atoms. The number of halogens is 1. The SMILES string of the molecule is CC[N+](C)(C)S(=O)(=O)Nc1cccc(-c2cc(C)c(C3=C(N)C4(CCCCC4)OC3=O)cc2Cl)c1. The summed E-state index contributed by atoms with van der Waals surface area (Å²) in [5.74, 6) is -0.399. The van der Waals surface area contributed by atoms with Crippen LogP contribution in [0.3, 0.4) is 0 Å². The summed E-state index contributed by atoms with van der Waals surface area (Å²) in [5.41, 5.74) is 10.2. The molecule has 2 aromatic carbocycles. The van der Waals surface area contributed by atoms with Crippen molar-refractivity contribution in [3.05, 3.63) is 58.2 Å². The topological polar surface area (TPSA) is 98.5 Å². The number of hydrogen-bond donors (Lipinski definition) is 2. The lowest BCUT2D eigenvalue weighted by atomic mass is 9.81. The molecule has 35 heavy (non-hydrogen) atoms. The molecule has 0 amide bonds. The van der Waals surface area contributed by atoms with Crippen molar-refractivity contribution in [1.82, 2.24) is 0 Å². The van der Waals surface area contributed by atoms with Crippen molar-refractivity contribution in [1.29, 1.82) is 0 Å². The van der Waals surface area contributed by atoms with E-state index in [4.69, 9.17) is 22.1 Å². The summed E-state index contributed by atoms with van der Waals surface area (Å²) < 4.78 is 33.9. The number of aryl methyl sites for hydroxylation is 1. The fourth-order valence-electron chi connectivity index (χ4n) is 4.74. The summed E-state index contributed by atoms with van der Waals surface area (Å²) in [4.78, 5) is 12.9. The smallest absolute Gasteiger partial charge is 0.393 e. The van der Waals surface area contributed by atoms with Crippen LogP contribution in [0, 0.1) is 6.92 Å². The van der Waals surface area contributed by atoms with E-state index in [9.17, 15) is 13.2 Å². The van der Waals surface area contributed by atoms with Crippen LogP contribution in [0.4, 0.5) is 5.69 Å². The highest BCUT2D eigenvalue weighted by molar-refractivity contribution is 7.87. The van der Waals surface area contributed by atoms with Crippen molar-refractivity contribution in [2.45, 2.75) is 51.6 Å². The lowest BCUT2D eigenvalue weighted by Crippen LogP contribution is -2.48. The second-order valence-electron chi connectivity index (χ2n) is 9.93. The van der Waals surface area contributed by atoms with E-state index in [1.165, 1.54) is 0 Å². The molecule has 0 atom stereocenters. The van der Waals surface area contributed by atoms with Crippen molar-refractivity contribution in [3.63, 3.8) is 0 Å². The Labute approximate surface area is 212 Å². The number of carbonyl (C=O) groups is 1. The van der Waals surface area contributed by atoms with Crippen LogP contribution in [0.5, 0.6) is 0 Å². The summed E-state index contributed by atoms with van der Waals surface area (Å²) in [7, 11) is -0.369. The van der Waals surface area contributed by atoms with Crippen LogP contribution in [0.15, 0.2) is 42.1 Å². The van der Waals surface area contributed by atoms with Gasteiger partial charge in [0.05, 0.1) is 37.6 Å². The number of esters is 1. The fourth-order valence-corrected chi connectivity index (χ4v) is 6.02. The summed E-state index contributed by atoms with van der Waals surface area (Å²) in [6.45, 7) is 4.14. The molecule has 1 aliphatic carbocycles. The molecule has 2 aromatic rings. The van der Waals surface area contributed by atoms with E-state index in [0.717, 1.165) is 48.8 Å². The van der Waals surface area contributed by atoms with Crippen molar-refractivity contribution in [2.24, 2.45) is 5.73 Å². The third-order valence-electron chi connectivity index (χ3n) is 7.33. The van der Waals surface area contributed by atoms with Gasteiger partial charge in [-0.25, -0.2) is 13.4 Å². The Hall–Kier alpha value is -2.55. The van der Waals surface area contributed by atoms with Crippen molar-refractivity contribution in [2.75, 3.05) is 25.4 Å². The Kier molecular flexibility index (Phi) is 6.68. The second kappa shape index (κ2) is 9.15. The molecule has 7 nitrogen and oxygen atoms in total. The molecular formula is C26H33ClN3O4S+. The number of rotatable bonds is 6. The molecule has 3 N–H and O–H groups in total. The first kappa shape index (κ1) is 25.5. The Bertz CT molecular complexity index is 1310. The van der Waals surface area contributed by atoms with Gasteiger partial charge >= 0.3 is 16.2 Å². The summed E-state index contributed by atoms with van der Waals surface area (Å²) in [5, 5.41) is 0.438. The van der Waals surface area contributed by atoms with Gasteiger partial charge in [0.1, 0.15) is 0 Å². The van der Waals surface area contributed by atoms with E-state index in [1.54, 1.807) is 38.4 Å². The number of nitrogens with zero attached hydrogens (tertiary/aromatic N) is 1. The molecule has 0 unspecified atom stereocenters. The molecule has 1 fully saturated rings. The molecule has 1 heterocycles. The van der Waals surface area contributed by atoms with E-state index in [2.05, 4.69) is 4.72 Å². The molecular weight excluding hydrogens is 486 g/mol. The number of anilines is 1. The van der Waals surface area contributed by atoms with Gasteiger partial charge in [-0.1, -0.05) is 30.2 Å². The van der Waals surface area contributed by atoms with Gasteiger partial charge in [-0.3, -0.25) is 0 Å². The first-order chi connectivity index (χ1) is 16.4. The van der Waals surface area contributed by atoms with E-state index in [0.29, 0.717) is 34.1 Å². The lowest BCUT2D eigenvalue weighted by molar-refractivity contribution is -0.759. The number of quaternary nitrogens is 1. The molecule has 1 aliphatic heterocycles. The molecule has 9 heteroatoms. The first-order valence-corrected chi connectivity index (χ1v) is 13.7. The molecule has 188 valence electrons. The zero-order valence-electron chi connectivity index (χ0n) is 20.7. The van der Waals surface area contributed by atoms with E-state index < -0.39 is 21.8 Å². The van der Waals surface area contributed by atoms with Crippen LogP contribution in [0.1, 0.15) is 50.2 Å². The zero-order valence-corrected chi connectivity index (χ0v) is 22.2. The third kappa shape index (κ3) is 4.55. The van der Waals surface area contributed by atoms with E-state index >= 15 is 0 Å². The number of nitrogens with two attached hydrogens (primary N) is 1. The average molecular weight is 519 g/mol. The highest BCUT2D eigenvalue weighted by atomic mass is 35.5. The molecule has 4 rings (SSSR count). The van der Waals surface area contributed by atoms with Crippen LogP contribution in [0.2, 0.25) is 5.02 Å². The maximum Gasteiger partial charge on any atom is 0.393 e. The minimum absolute atomic E-state index is 0.195. The average Bonchev–Trinajstić information content (AvgIpc) is 3.04. The maximum absolute atomic E-state index is 12.9. The second-order valence-corrected chi connectivity index (χ2v) is 12.5. The third-order valence-corrected chi connectivity index (χ3v) is 9.70. The Morgan fingerprint density at radius 1 is 1.11 bits per heavy atom. The largest absolute Gasteiger partial charge is 0.449 e. The summed E-state index contributed by atoms with van der Waals surface area (Å²) >= 11 is 6.71. The zero-order chi connectivity index (χ0) is 25.6. The number of carbonyl (C=O) groups excluding carboxylic acids is 1. The lowest BCUT2D eigenvalue weighted by Gasteiger charge is -2.32. The van der Waals surface area contributed by atoms with Gasteiger partial charge in [0.15, 0.2) is 5.60 Å². The number of nitrogens with one attached hydrogen (secondary N) is 1. The minimum Gasteiger partial charge on any atom is -0.449 e. The van der Waals surface area contributed by atoms with Crippen LogP contribution < -0.4 is 10.5 Å². The quantitative estimate of drug-likeness (QED) is 0.414. The molecule has 0 radical (unpaired) electrons. The molecule has 0 aromatic heterocycles. The predicted octanol–water partition coefficient (Wildman–Crippen LogP) is 5.00. The Balaban J connectivity index is 1.70. The van der Waals surface area contributed by atoms with Gasteiger partial charge in [0, 0.05) is 10.6 Å². The summed E-state index contributed by atoms with van der Waals surface area (Å²) in [6.07, 6.45) is 4.57. The molecule has 0 saturated heterocycles. The number of benzene rings is 2. The highest BCUT2D eigenvalue weighted by Gasteiger charge is 2.47. The van der Waals surface area contributed by atoms with Gasteiger partial charge in [-0.15, -0.1) is 0 Å². The van der Waals surface area contributed by atoms with Crippen LogP contribution in [-0.2, 0) is 19.7 Å². The van der Waals surface area contributed by atoms with Gasteiger partial charge in [0.25, 0.3) is 0 Å². The minimum atomic E-state index is -3.64. The maximum atomic E-state index is 12.9. The van der Waals surface area contributed by atoms with E-state index in [1.807, 2.05) is 26.0 Å². The monoisotopic (exact) mass is 518 g/mol. The first-order valence-electron chi connectivity index (χ1n) is 11.9.